The van der Waals surface area contributed by atoms with E-state index in [2.05, 4.69) is 15.0 Å². The van der Waals surface area contributed by atoms with E-state index in [9.17, 15) is 14.4 Å². The summed E-state index contributed by atoms with van der Waals surface area (Å²) in [7, 11) is 1.57. The molecule has 2 heterocycles. The molecule has 0 N–H and O–H groups in total. The summed E-state index contributed by atoms with van der Waals surface area (Å²) in [5, 5.41) is 0.455. The lowest BCUT2D eigenvalue weighted by Gasteiger charge is -2.16. The standard InChI is InChI=1S/C16H10N4O3S/c1-20-15(23)11-14(19-16(20)24-2)18-10-9(17-11)12(21)7-5-3-4-6-8(7)13(10)22/h3-6H,1-2H3. The molecule has 1 aromatic carbocycles. The van der Waals surface area contributed by atoms with Gasteiger partial charge in [0, 0.05) is 18.2 Å². The van der Waals surface area contributed by atoms with E-state index in [4.69, 9.17) is 0 Å². The molecule has 24 heavy (non-hydrogen) atoms. The first-order valence-corrected chi connectivity index (χ1v) is 8.26. The molecule has 1 aliphatic rings. The van der Waals surface area contributed by atoms with Crippen LogP contribution in [0.3, 0.4) is 0 Å². The topological polar surface area (TPSA) is 94.8 Å². The molecule has 7 nitrogen and oxygen atoms in total. The van der Waals surface area contributed by atoms with Crippen molar-refractivity contribution in [3.8, 4) is 0 Å². The van der Waals surface area contributed by atoms with Crippen LogP contribution in [0.1, 0.15) is 32.1 Å². The van der Waals surface area contributed by atoms with Crippen LogP contribution >= 0.6 is 11.8 Å². The molecule has 2 aromatic heterocycles. The number of ketones is 2. The SMILES string of the molecule is CSc1nc2nc3c(nc2c(=O)n1C)C(=O)c1ccccc1C3=O. The Bertz CT molecular complexity index is 1120. The number of rotatable bonds is 1. The molecule has 0 fully saturated rings. The van der Waals surface area contributed by atoms with Crippen molar-refractivity contribution in [3.63, 3.8) is 0 Å². The van der Waals surface area contributed by atoms with Gasteiger partial charge >= 0.3 is 0 Å². The Morgan fingerprint density at radius 3 is 2.08 bits per heavy atom. The van der Waals surface area contributed by atoms with Gasteiger partial charge in [0.2, 0.25) is 11.6 Å². The third-order valence-electron chi connectivity index (χ3n) is 3.90. The fourth-order valence-corrected chi connectivity index (χ4v) is 3.23. The molecule has 0 amide bonds. The van der Waals surface area contributed by atoms with Gasteiger partial charge in [-0.1, -0.05) is 36.0 Å². The average Bonchev–Trinajstić information content (AvgIpc) is 2.61. The molecule has 0 saturated carbocycles. The third-order valence-corrected chi connectivity index (χ3v) is 4.63. The lowest BCUT2D eigenvalue weighted by atomic mass is 9.90. The summed E-state index contributed by atoms with van der Waals surface area (Å²) in [4.78, 5) is 50.3. The van der Waals surface area contributed by atoms with Crippen molar-refractivity contribution in [2.75, 3.05) is 6.26 Å². The van der Waals surface area contributed by atoms with E-state index in [0.717, 1.165) is 0 Å². The molecule has 0 saturated heterocycles. The lowest BCUT2D eigenvalue weighted by molar-refractivity contribution is 0.0972. The predicted octanol–water partition coefficient (Wildman–Crippen LogP) is 1.22. The molecule has 0 spiro atoms. The van der Waals surface area contributed by atoms with Crippen molar-refractivity contribution in [1.29, 1.82) is 0 Å². The molecule has 0 aliphatic heterocycles. The van der Waals surface area contributed by atoms with Gasteiger partial charge < -0.3 is 0 Å². The van der Waals surface area contributed by atoms with Crippen LogP contribution in [0.4, 0.5) is 0 Å². The second-order valence-corrected chi connectivity index (χ2v) is 6.03. The summed E-state index contributed by atoms with van der Waals surface area (Å²) >= 11 is 1.28. The Kier molecular flexibility index (Phi) is 3.10. The predicted molar refractivity (Wildman–Crippen MR) is 87.7 cm³/mol. The summed E-state index contributed by atoms with van der Waals surface area (Å²) in [5.41, 5.74) is 0.0582. The minimum atomic E-state index is -0.411. The molecule has 0 radical (unpaired) electrons. The van der Waals surface area contributed by atoms with Crippen LogP contribution in [0.2, 0.25) is 0 Å². The maximum absolute atomic E-state index is 12.6. The molecular formula is C16H10N4O3S. The van der Waals surface area contributed by atoms with Crippen LogP contribution in [0, 0.1) is 0 Å². The zero-order valence-electron chi connectivity index (χ0n) is 12.7. The maximum atomic E-state index is 12.6. The lowest BCUT2D eigenvalue weighted by Crippen LogP contribution is -2.27. The van der Waals surface area contributed by atoms with Gasteiger partial charge in [-0.05, 0) is 6.26 Å². The van der Waals surface area contributed by atoms with Gasteiger partial charge in [-0.3, -0.25) is 19.0 Å². The Balaban J connectivity index is 2.09. The van der Waals surface area contributed by atoms with E-state index in [1.54, 1.807) is 37.6 Å². The number of hydrogen-bond donors (Lipinski definition) is 0. The number of aromatic nitrogens is 4. The van der Waals surface area contributed by atoms with Crippen LogP contribution in [-0.2, 0) is 7.05 Å². The minimum Gasteiger partial charge on any atom is -0.289 e. The maximum Gasteiger partial charge on any atom is 0.282 e. The Morgan fingerprint density at radius 2 is 1.50 bits per heavy atom. The number of carbonyl (C=O) groups excluding carboxylic acids is 2. The summed E-state index contributed by atoms with van der Waals surface area (Å²) in [6, 6.07) is 6.50. The van der Waals surface area contributed by atoms with Crippen molar-refractivity contribution in [1.82, 2.24) is 19.5 Å². The zero-order valence-corrected chi connectivity index (χ0v) is 13.5. The number of thioether (sulfide) groups is 1. The highest BCUT2D eigenvalue weighted by molar-refractivity contribution is 7.98. The summed E-state index contributed by atoms with van der Waals surface area (Å²) < 4.78 is 1.34. The Hall–Kier alpha value is -2.87. The van der Waals surface area contributed by atoms with E-state index in [0.29, 0.717) is 5.16 Å². The number of carbonyl (C=O) groups is 2. The van der Waals surface area contributed by atoms with Gasteiger partial charge in [0.25, 0.3) is 5.56 Å². The van der Waals surface area contributed by atoms with E-state index < -0.39 is 11.3 Å². The highest BCUT2D eigenvalue weighted by atomic mass is 32.2. The molecule has 4 rings (SSSR count). The van der Waals surface area contributed by atoms with E-state index >= 15 is 0 Å². The number of hydrogen-bond acceptors (Lipinski definition) is 7. The number of benzene rings is 1. The minimum absolute atomic E-state index is 0.0189. The largest absolute Gasteiger partial charge is 0.289 e. The van der Waals surface area contributed by atoms with Crippen molar-refractivity contribution in [3.05, 3.63) is 57.1 Å². The van der Waals surface area contributed by atoms with Crippen molar-refractivity contribution >= 4 is 34.5 Å². The van der Waals surface area contributed by atoms with Gasteiger partial charge in [-0.2, -0.15) is 0 Å². The normalized spacial score (nSPS) is 13.1. The molecule has 1 aliphatic carbocycles. The molecular weight excluding hydrogens is 328 g/mol. The van der Waals surface area contributed by atoms with Crippen LogP contribution in [-0.4, -0.2) is 37.3 Å². The number of nitrogens with zero attached hydrogens (tertiary/aromatic N) is 4. The second kappa shape index (κ2) is 5.07. The molecule has 8 heteroatoms. The summed E-state index contributed by atoms with van der Waals surface area (Å²) in [6.45, 7) is 0. The first-order valence-electron chi connectivity index (χ1n) is 7.04. The smallest absolute Gasteiger partial charge is 0.282 e. The van der Waals surface area contributed by atoms with E-state index in [-0.39, 0.29) is 39.5 Å². The highest BCUT2D eigenvalue weighted by Gasteiger charge is 2.33. The first kappa shape index (κ1) is 14.7. The third kappa shape index (κ3) is 1.86. The monoisotopic (exact) mass is 338 g/mol. The van der Waals surface area contributed by atoms with Crippen molar-refractivity contribution in [2.45, 2.75) is 5.16 Å². The number of fused-ring (bicyclic) bond motifs is 3. The van der Waals surface area contributed by atoms with Crippen LogP contribution in [0.25, 0.3) is 11.2 Å². The van der Waals surface area contributed by atoms with Crippen LogP contribution < -0.4 is 5.56 Å². The first-order chi connectivity index (χ1) is 11.5. The van der Waals surface area contributed by atoms with Crippen molar-refractivity contribution < 1.29 is 9.59 Å². The van der Waals surface area contributed by atoms with Crippen LogP contribution in [0.5, 0.6) is 0 Å². The molecule has 0 unspecified atom stereocenters. The van der Waals surface area contributed by atoms with Gasteiger partial charge in [-0.25, -0.2) is 15.0 Å². The molecule has 3 aromatic rings. The quantitative estimate of drug-likeness (QED) is 0.380. The molecule has 118 valence electrons. The van der Waals surface area contributed by atoms with Gasteiger partial charge in [0.15, 0.2) is 16.3 Å². The highest BCUT2D eigenvalue weighted by Crippen LogP contribution is 2.25. The zero-order chi connectivity index (χ0) is 17.0. The van der Waals surface area contributed by atoms with Gasteiger partial charge in [-0.15, -0.1) is 0 Å². The van der Waals surface area contributed by atoms with E-state index in [1.165, 1.54) is 16.3 Å². The van der Waals surface area contributed by atoms with Gasteiger partial charge in [0.05, 0.1) is 0 Å². The average molecular weight is 338 g/mol. The van der Waals surface area contributed by atoms with Crippen molar-refractivity contribution in [2.24, 2.45) is 7.05 Å². The molecule has 0 atom stereocenters. The summed E-state index contributed by atoms with van der Waals surface area (Å²) in [5.74, 6) is -0.798. The summed E-state index contributed by atoms with van der Waals surface area (Å²) in [6.07, 6.45) is 1.78. The fraction of sp³-hybridized carbons (Fsp3) is 0.125. The van der Waals surface area contributed by atoms with Crippen LogP contribution in [0.15, 0.2) is 34.2 Å². The second-order valence-electron chi connectivity index (χ2n) is 5.26. The Labute approximate surface area is 139 Å². The van der Waals surface area contributed by atoms with Gasteiger partial charge in [0.1, 0.15) is 11.4 Å². The molecule has 0 bridgehead atoms. The Morgan fingerprint density at radius 1 is 0.917 bits per heavy atom. The van der Waals surface area contributed by atoms with E-state index in [1.807, 2.05) is 0 Å². The fourth-order valence-electron chi connectivity index (χ4n) is 2.69.